The molecule has 0 aliphatic carbocycles. The molecular weight excluding hydrogens is 499 g/mol. The molecule has 2 fully saturated rings. The molecule has 2 aromatic heterocycles. The van der Waals surface area contributed by atoms with Gasteiger partial charge in [-0.1, -0.05) is 13.8 Å². The average Bonchev–Trinajstić information content (AvgIpc) is 3.45. The van der Waals surface area contributed by atoms with Crippen LogP contribution in [0.1, 0.15) is 53.9 Å². The molecule has 5 heterocycles. The zero-order valence-corrected chi connectivity index (χ0v) is 20.4. The summed E-state index contributed by atoms with van der Waals surface area (Å²) in [6.07, 6.45) is -3.91. The third kappa shape index (κ3) is 3.80. The number of Topliss-reactive ketones (excluding diaryl/α,β-unsaturated/α-hetero) is 1. The molecule has 5 rings (SSSR count). The molecule has 3 aliphatic rings. The number of anilines is 1. The van der Waals surface area contributed by atoms with Crippen molar-refractivity contribution in [1.82, 2.24) is 19.8 Å². The van der Waals surface area contributed by atoms with Crippen LogP contribution >= 0.6 is 11.3 Å². The number of rotatable bonds is 4. The van der Waals surface area contributed by atoms with Crippen LogP contribution in [0.5, 0.6) is 0 Å². The predicted molar refractivity (Wildman–Crippen MR) is 124 cm³/mol. The topological polar surface area (TPSA) is 116 Å². The number of halogens is 3. The Morgan fingerprint density at radius 2 is 2.11 bits per heavy atom. The second-order valence-corrected chi connectivity index (χ2v) is 10.6. The van der Waals surface area contributed by atoms with E-state index in [-0.39, 0.29) is 59.7 Å². The average molecular weight is 524 g/mol. The van der Waals surface area contributed by atoms with E-state index in [0.29, 0.717) is 29.8 Å². The first-order valence-corrected chi connectivity index (χ1v) is 12.4. The molecule has 3 aliphatic heterocycles. The van der Waals surface area contributed by atoms with Crippen LogP contribution in [-0.4, -0.2) is 68.3 Å². The molecule has 13 heteroatoms. The molecule has 0 radical (unpaired) electrons. The monoisotopic (exact) mass is 523 g/mol. The van der Waals surface area contributed by atoms with Gasteiger partial charge in [0, 0.05) is 36.6 Å². The molecule has 2 N–H and O–H groups in total. The van der Waals surface area contributed by atoms with Gasteiger partial charge in [0.05, 0.1) is 28.2 Å². The quantitative estimate of drug-likeness (QED) is 0.621. The summed E-state index contributed by atoms with van der Waals surface area (Å²) in [6, 6.07) is 1.22. The lowest BCUT2D eigenvalue weighted by molar-refractivity contribution is -0.137. The van der Waals surface area contributed by atoms with Crippen molar-refractivity contribution >= 4 is 35.1 Å². The number of aromatic nitrogens is 2. The lowest BCUT2D eigenvalue weighted by Crippen LogP contribution is -2.47. The molecule has 2 amide bonds. The van der Waals surface area contributed by atoms with Crippen LogP contribution in [0, 0.1) is 5.92 Å². The Kier molecular flexibility index (Phi) is 5.73. The van der Waals surface area contributed by atoms with E-state index in [9.17, 15) is 32.7 Å². The smallest absolute Gasteiger partial charge is 0.420 e. The maximum absolute atomic E-state index is 13.9. The fourth-order valence-corrected chi connectivity index (χ4v) is 6.88. The van der Waals surface area contributed by atoms with Crippen molar-refractivity contribution in [2.75, 3.05) is 25.0 Å². The third-order valence-electron chi connectivity index (χ3n) is 7.37. The number of carboxylic acid groups (broad SMARTS) is 1. The SMILES string of the molecule is CCC12CC(=O)CN1C(=O)c1cc(-c3nc(N[C@H]4CCN(C(=O)O)C[C@H]4C)ncc3C(F)(F)F)sc12. The van der Waals surface area contributed by atoms with Crippen LogP contribution < -0.4 is 5.32 Å². The summed E-state index contributed by atoms with van der Waals surface area (Å²) in [5.41, 5.74) is -1.84. The molecule has 3 atom stereocenters. The number of piperidine rings is 1. The van der Waals surface area contributed by atoms with Crippen molar-refractivity contribution in [2.45, 2.75) is 50.9 Å². The number of hydrogen-bond donors (Lipinski definition) is 2. The Labute approximate surface area is 208 Å². The molecule has 0 saturated carbocycles. The predicted octanol–water partition coefficient (Wildman–Crippen LogP) is 4.06. The first kappa shape index (κ1) is 24.5. The molecule has 2 aromatic rings. The normalized spacial score (nSPS) is 25.8. The van der Waals surface area contributed by atoms with Gasteiger partial charge in [-0.3, -0.25) is 9.59 Å². The van der Waals surface area contributed by atoms with E-state index in [1.54, 1.807) is 0 Å². The van der Waals surface area contributed by atoms with Gasteiger partial charge < -0.3 is 20.2 Å². The van der Waals surface area contributed by atoms with Crippen molar-refractivity contribution in [1.29, 1.82) is 0 Å². The first-order valence-electron chi connectivity index (χ1n) is 11.6. The molecule has 192 valence electrons. The van der Waals surface area contributed by atoms with Gasteiger partial charge in [0.15, 0.2) is 5.78 Å². The number of hydrogen-bond acceptors (Lipinski definition) is 7. The van der Waals surface area contributed by atoms with Crippen molar-refractivity contribution < 1.29 is 32.7 Å². The highest BCUT2D eigenvalue weighted by Gasteiger charge is 2.55. The van der Waals surface area contributed by atoms with E-state index in [0.717, 1.165) is 17.5 Å². The van der Waals surface area contributed by atoms with E-state index < -0.39 is 23.4 Å². The Hall–Kier alpha value is -3.22. The highest BCUT2D eigenvalue weighted by Crippen LogP contribution is 2.53. The van der Waals surface area contributed by atoms with E-state index in [1.807, 2.05) is 13.8 Å². The van der Waals surface area contributed by atoms with Crippen molar-refractivity contribution in [3.63, 3.8) is 0 Å². The van der Waals surface area contributed by atoms with E-state index in [4.69, 9.17) is 0 Å². The number of nitrogens with zero attached hydrogens (tertiary/aromatic N) is 4. The van der Waals surface area contributed by atoms with Crippen molar-refractivity contribution in [3.05, 3.63) is 28.3 Å². The number of thiophene rings is 1. The van der Waals surface area contributed by atoms with E-state index in [1.165, 1.54) is 15.9 Å². The van der Waals surface area contributed by atoms with Gasteiger partial charge in [-0.2, -0.15) is 13.2 Å². The minimum absolute atomic E-state index is 0.00128. The second kappa shape index (κ2) is 8.43. The zero-order chi connectivity index (χ0) is 26.0. The largest absolute Gasteiger partial charge is 0.465 e. The second-order valence-electron chi connectivity index (χ2n) is 9.54. The van der Waals surface area contributed by atoms with Gasteiger partial charge in [-0.25, -0.2) is 14.8 Å². The van der Waals surface area contributed by atoms with Gasteiger partial charge >= 0.3 is 12.3 Å². The number of carbonyl (C=O) groups is 3. The highest BCUT2D eigenvalue weighted by molar-refractivity contribution is 7.16. The summed E-state index contributed by atoms with van der Waals surface area (Å²) in [7, 11) is 0. The van der Waals surface area contributed by atoms with Crippen LogP contribution in [-0.2, 0) is 16.5 Å². The molecule has 0 aromatic carbocycles. The Morgan fingerprint density at radius 3 is 2.75 bits per heavy atom. The van der Waals surface area contributed by atoms with Crippen LogP contribution in [0.2, 0.25) is 0 Å². The minimum atomic E-state index is -4.72. The molecule has 9 nitrogen and oxygen atoms in total. The Bertz CT molecular complexity index is 1260. The third-order valence-corrected chi connectivity index (χ3v) is 8.71. The lowest BCUT2D eigenvalue weighted by atomic mass is 9.92. The lowest BCUT2D eigenvalue weighted by Gasteiger charge is -2.35. The van der Waals surface area contributed by atoms with E-state index >= 15 is 0 Å². The molecule has 36 heavy (non-hydrogen) atoms. The highest BCUT2D eigenvalue weighted by atomic mass is 32.1. The van der Waals surface area contributed by atoms with Gasteiger partial charge in [0.25, 0.3) is 5.91 Å². The maximum Gasteiger partial charge on any atom is 0.420 e. The number of fused-ring (bicyclic) bond motifs is 3. The Morgan fingerprint density at radius 1 is 1.36 bits per heavy atom. The van der Waals surface area contributed by atoms with Crippen LogP contribution in [0.25, 0.3) is 10.6 Å². The van der Waals surface area contributed by atoms with Crippen molar-refractivity contribution in [3.8, 4) is 10.6 Å². The number of ketones is 1. The standard InChI is InChI=1S/C23H24F3N5O4S/c1-3-22-7-12(32)10-31(22)19(33)13-6-16(36-18(13)22)17-14(23(24,25)26)8-27-20(29-17)28-15-4-5-30(21(34)35)9-11(15)2/h6,8,11,15H,3-5,7,9-10H2,1-2H3,(H,34,35)(H,27,28,29)/t11-,15+,22?/m1/s1. The summed E-state index contributed by atoms with van der Waals surface area (Å²) in [5, 5.41) is 12.3. The summed E-state index contributed by atoms with van der Waals surface area (Å²) < 4.78 is 41.7. The van der Waals surface area contributed by atoms with Crippen LogP contribution in [0.3, 0.4) is 0 Å². The Balaban J connectivity index is 1.51. The number of amides is 2. The number of likely N-dealkylation sites (tertiary alicyclic amines) is 1. The fourth-order valence-electron chi connectivity index (χ4n) is 5.45. The van der Waals surface area contributed by atoms with Gasteiger partial charge in [-0.15, -0.1) is 11.3 Å². The molecule has 2 saturated heterocycles. The molecule has 0 spiro atoms. The van der Waals surface area contributed by atoms with Crippen LogP contribution in [0.15, 0.2) is 12.3 Å². The van der Waals surface area contributed by atoms with Gasteiger partial charge in [-0.05, 0) is 24.8 Å². The zero-order valence-electron chi connectivity index (χ0n) is 19.6. The van der Waals surface area contributed by atoms with Gasteiger partial charge in [0.2, 0.25) is 5.95 Å². The number of carbonyl (C=O) groups excluding carboxylic acids is 2. The number of alkyl halides is 3. The number of nitrogens with one attached hydrogen (secondary N) is 1. The summed E-state index contributed by atoms with van der Waals surface area (Å²) in [6.45, 7) is 4.30. The molecule has 1 unspecified atom stereocenters. The fraction of sp³-hybridized carbons (Fsp3) is 0.522. The molecule has 0 bridgehead atoms. The minimum Gasteiger partial charge on any atom is -0.465 e. The van der Waals surface area contributed by atoms with Crippen molar-refractivity contribution in [2.24, 2.45) is 5.92 Å². The molecular formula is C23H24F3N5O4S. The summed E-state index contributed by atoms with van der Waals surface area (Å²) >= 11 is 1.07. The summed E-state index contributed by atoms with van der Waals surface area (Å²) in [4.78, 5) is 48.2. The van der Waals surface area contributed by atoms with Crippen LogP contribution in [0.4, 0.5) is 23.9 Å². The summed E-state index contributed by atoms with van der Waals surface area (Å²) in [5.74, 6) is -0.525. The first-order chi connectivity index (χ1) is 16.9. The van der Waals surface area contributed by atoms with Gasteiger partial charge in [0.1, 0.15) is 5.56 Å². The van der Waals surface area contributed by atoms with E-state index in [2.05, 4.69) is 15.3 Å². The maximum atomic E-state index is 13.9.